The number of urea groups is 1. The molecule has 0 atom stereocenters. The van der Waals surface area contributed by atoms with Crippen LogP contribution in [0, 0.1) is 0 Å². The molecule has 3 amide bonds. The molecule has 0 spiro atoms. The Bertz CT molecular complexity index is 674. The Labute approximate surface area is 133 Å². The van der Waals surface area contributed by atoms with Gasteiger partial charge in [0.25, 0.3) is 5.91 Å². The molecule has 0 aliphatic heterocycles. The second kappa shape index (κ2) is 7.47. The number of imide groups is 1. The summed E-state index contributed by atoms with van der Waals surface area (Å²) in [6.07, 6.45) is 0. The fraction of sp³-hybridized carbons (Fsp3) is 0.125. The van der Waals surface area contributed by atoms with Crippen molar-refractivity contribution < 1.29 is 14.3 Å². The third-order valence-electron chi connectivity index (χ3n) is 2.88. The van der Waals surface area contributed by atoms with Crippen LogP contribution < -0.4 is 15.4 Å². The van der Waals surface area contributed by atoms with E-state index in [0.29, 0.717) is 10.8 Å². The summed E-state index contributed by atoms with van der Waals surface area (Å²) < 4.78 is 5.31. The Hall–Kier alpha value is -2.53. The monoisotopic (exact) mass is 318 g/mol. The van der Waals surface area contributed by atoms with Crippen LogP contribution in [0.5, 0.6) is 5.75 Å². The third-order valence-corrected chi connectivity index (χ3v) is 3.17. The lowest BCUT2D eigenvalue weighted by Crippen LogP contribution is -2.39. The second-order valence-corrected chi connectivity index (χ2v) is 4.83. The van der Waals surface area contributed by atoms with E-state index in [0.717, 1.165) is 11.1 Å². The molecule has 0 saturated carbocycles. The minimum Gasteiger partial charge on any atom is -0.482 e. The summed E-state index contributed by atoms with van der Waals surface area (Å²) in [5.41, 5.74) is 1.99. The number of rotatable bonds is 4. The van der Waals surface area contributed by atoms with Crippen LogP contribution in [0.2, 0.25) is 5.02 Å². The topological polar surface area (TPSA) is 67.4 Å². The van der Waals surface area contributed by atoms with E-state index in [1.54, 1.807) is 12.1 Å². The molecule has 0 aromatic heterocycles. The maximum Gasteiger partial charge on any atom is 0.321 e. The van der Waals surface area contributed by atoms with Gasteiger partial charge in [0.1, 0.15) is 5.75 Å². The minimum atomic E-state index is -0.584. The van der Waals surface area contributed by atoms with Gasteiger partial charge >= 0.3 is 6.03 Å². The summed E-state index contributed by atoms with van der Waals surface area (Å²) >= 11 is 6.16. The molecule has 0 saturated heterocycles. The van der Waals surface area contributed by atoms with Crippen molar-refractivity contribution in [3.63, 3.8) is 0 Å². The lowest BCUT2D eigenvalue weighted by molar-refractivity contribution is -0.121. The Morgan fingerprint density at radius 2 is 1.82 bits per heavy atom. The third kappa shape index (κ3) is 4.23. The smallest absolute Gasteiger partial charge is 0.321 e. The van der Waals surface area contributed by atoms with Crippen molar-refractivity contribution in [1.82, 2.24) is 10.6 Å². The standard InChI is InChI=1S/C16H15ClN2O3/c1-18-16(21)19-15(20)10-22-14-8-7-12(9-13(14)17)11-5-3-2-4-6-11/h2-9H,10H2,1H3,(H2,18,19,20,21). The van der Waals surface area contributed by atoms with Gasteiger partial charge in [0, 0.05) is 7.05 Å². The molecule has 0 fully saturated rings. The number of amides is 3. The van der Waals surface area contributed by atoms with Gasteiger partial charge in [0.15, 0.2) is 6.61 Å². The number of carbonyl (C=O) groups is 2. The number of ether oxygens (including phenoxy) is 1. The van der Waals surface area contributed by atoms with E-state index >= 15 is 0 Å². The first-order chi connectivity index (χ1) is 10.6. The largest absolute Gasteiger partial charge is 0.482 e. The van der Waals surface area contributed by atoms with E-state index in [4.69, 9.17) is 16.3 Å². The molecule has 2 aromatic carbocycles. The molecule has 0 unspecified atom stereocenters. The fourth-order valence-corrected chi connectivity index (χ4v) is 2.03. The Kier molecular flexibility index (Phi) is 5.38. The van der Waals surface area contributed by atoms with Crippen LogP contribution in [0.3, 0.4) is 0 Å². The van der Waals surface area contributed by atoms with E-state index in [2.05, 4.69) is 10.6 Å². The Morgan fingerprint density at radius 3 is 2.45 bits per heavy atom. The number of carbonyl (C=O) groups excluding carboxylic acids is 2. The predicted molar refractivity (Wildman–Crippen MR) is 85.0 cm³/mol. The predicted octanol–water partition coefficient (Wildman–Crippen LogP) is 2.84. The van der Waals surface area contributed by atoms with E-state index in [9.17, 15) is 9.59 Å². The van der Waals surface area contributed by atoms with E-state index in [-0.39, 0.29) is 6.61 Å². The van der Waals surface area contributed by atoms with Gasteiger partial charge in [0.2, 0.25) is 0 Å². The van der Waals surface area contributed by atoms with Gasteiger partial charge in [-0.15, -0.1) is 0 Å². The molecule has 5 nitrogen and oxygen atoms in total. The normalized spacial score (nSPS) is 9.91. The van der Waals surface area contributed by atoms with Gasteiger partial charge in [-0.05, 0) is 23.3 Å². The average molecular weight is 319 g/mol. The van der Waals surface area contributed by atoms with Gasteiger partial charge in [-0.3, -0.25) is 10.1 Å². The van der Waals surface area contributed by atoms with Gasteiger partial charge in [0.05, 0.1) is 5.02 Å². The zero-order valence-corrected chi connectivity index (χ0v) is 12.7. The molecular formula is C16H15ClN2O3. The molecule has 0 bridgehead atoms. The van der Waals surface area contributed by atoms with Crippen LogP contribution in [0.4, 0.5) is 4.79 Å². The van der Waals surface area contributed by atoms with Gasteiger partial charge in [-0.25, -0.2) is 4.79 Å². The molecule has 114 valence electrons. The molecule has 2 rings (SSSR count). The van der Waals surface area contributed by atoms with Crippen LogP contribution in [0.15, 0.2) is 48.5 Å². The first-order valence-electron chi connectivity index (χ1n) is 6.59. The fourth-order valence-electron chi connectivity index (χ4n) is 1.80. The van der Waals surface area contributed by atoms with Gasteiger partial charge in [-0.1, -0.05) is 48.0 Å². The first kappa shape index (κ1) is 15.9. The number of hydrogen-bond donors (Lipinski definition) is 2. The van der Waals surface area contributed by atoms with Crippen LogP contribution in [-0.4, -0.2) is 25.6 Å². The minimum absolute atomic E-state index is 0.294. The molecule has 22 heavy (non-hydrogen) atoms. The van der Waals surface area contributed by atoms with Crippen LogP contribution in [-0.2, 0) is 4.79 Å². The summed E-state index contributed by atoms with van der Waals surface area (Å²) in [5, 5.41) is 4.78. The van der Waals surface area contributed by atoms with Crippen LogP contribution >= 0.6 is 11.6 Å². The highest BCUT2D eigenvalue weighted by molar-refractivity contribution is 6.32. The van der Waals surface area contributed by atoms with E-state index < -0.39 is 11.9 Å². The highest BCUT2D eigenvalue weighted by atomic mass is 35.5. The second-order valence-electron chi connectivity index (χ2n) is 4.43. The summed E-state index contributed by atoms with van der Waals surface area (Å²) in [4.78, 5) is 22.4. The first-order valence-corrected chi connectivity index (χ1v) is 6.97. The molecular weight excluding hydrogens is 304 g/mol. The lowest BCUT2D eigenvalue weighted by atomic mass is 10.1. The van der Waals surface area contributed by atoms with Gasteiger partial charge in [-0.2, -0.15) is 0 Å². The van der Waals surface area contributed by atoms with Crippen molar-refractivity contribution in [3.05, 3.63) is 53.6 Å². The molecule has 0 aliphatic carbocycles. The van der Waals surface area contributed by atoms with Crippen molar-refractivity contribution in [3.8, 4) is 16.9 Å². The average Bonchev–Trinajstić information content (AvgIpc) is 2.54. The summed E-state index contributed by atoms with van der Waals surface area (Å²) in [5.74, 6) is -0.170. The summed E-state index contributed by atoms with van der Waals surface area (Å²) in [7, 11) is 1.42. The number of benzene rings is 2. The zero-order chi connectivity index (χ0) is 15.9. The van der Waals surface area contributed by atoms with E-state index in [1.807, 2.05) is 36.4 Å². The highest BCUT2D eigenvalue weighted by Gasteiger charge is 2.09. The highest BCUT2D eigenvalue weighted by Crippen LogP contribution is 2.30. The Balaban J connectivity index is 2.01. The lowest BCUT2D eigenvalue weighted by Gasteiger charge is -2.09. The van der Waals surface area contributed by atoms with Gasteiger partial charge < -0.3 is 10.1 Å². The van der Waals surface area contributed by atoms with Crippen LogP contribution in [0.25, 0.3) is 11.1 Å². The van der Waals surface area contributed by atoms with Crippen LogP contribution in [0.1, 0.15) is 0 Å². The summed E-state index contributed by atoms with van der Waals surface area (Å²) in [6.45, 7) is -0.294. The Morgan fingerprint density at radius 1 is 1.09 bits per heavy atom. The van der Waals surface area contributed by atoms with Crippen molar-refractivity contribution in [1.29, 1.82) is 0 Å². The maximum atomic E-state index is 11.4. The molecule has 0 heterocycles. The SMILES string of the molecule is CNC(=O)NC(=O)COc1ccc(-c2ccccc2)cc1Cl. The quantitative estimate of drug-likeness (QED) is 0.911. The molecule has 2 N–H and O–H groups in total. The summed E-state index contributed by atoms with van der Waals surface area (Å²) in [6, 6.07) is 14.5. The maximum absolute atomic E-state index is 11.4. The molecule has 0 radical (unpaired) electrons. The van der Waals surface area contributed by atoms with Crippen molar-refractivity contribution in [2.24, 2.45) is 0 Å². The number of halogens is 1. The number of hydrogen-bond acceptors (Lipinski definition) is 3. The van der Waals surface area contributed by atoms with E-state index in [1.165, 1.54) is 7.05 Å². The van der Waals surface area contributed by atoms with Crippen molar-refractivity contribution in [2.75, 3.05) is 13.7 Å². The molecule has 6 heteroatoms. The molecule has 0 aliphatic rings. The zero-order valence-electron chi connectivity index (χ0n) is 11.9. The van der Waals surface area contributed by atoms with Crippen molar-refractivity contribution in [2.45, 2.75) is 0 Å². The van der Waals surface area contributed by atoms with Crippen molar-refractivity contribution >= 4 is 23.5 Å². The molecule has 2 aromatic rings. The number of nitrogens with one attached hydrogen (secondary N) is 2.